The summed E-state index contributed by atoms with van der Waals surface area (Å²) in [6.45, 7) is 30.8. The number of unbranched alkanes of at least 4 members (excludes halogenated alkanes) is 9. The number of benzene rings is 2. The molecule has 0 amide bonds. The lowest BCUT2D eigenvalue weighted by Gasteiger charge is -2.28. The molecule has 2 aromatic carbocycles. The number of rotatable bonds is 21. The number of phenols is 2. The monoisotopic (exact) mass is 693 g/mol. The van der Waals surface area contributed by atoms with Crippen LogP contribution in [0.3, 0.4) is 0 Å². The Morgan fingerprint density at radius 1 is 0.360 bits per heavy atom. The highest BCUT2D eigenvalue weighted by molar-refractivity contribution is 5.51. The maximum atomic E-state index is 11.0. The summed E-state index contributed by atoms with van der Waals surface area (Å²) in [6, 6.07) is 8.95. The first-order valence-electron chi connectivity index (χ1n) is 20.4. The highest BCUT2D eigenvalue weighted by Gasteiger charge is 2.27. The Labute approximate surface area is 310 Å². The van der Waals surface area contributed by atoms with Crippen LogP contribution in [0.2, 0.25) is 0 Å². The quantitative estimate of drug-likeness (QED) is 0.0983. The molecule has 0 aliphatic rings. The predicted octanol–water partition coefficient (Wildman–Crippen LogP) is 11.9. The number of phenolic OH excluding ortho intramolecular Hbond substituents is 2. The summed E-state index contributed by atoms with van der Waals surface area (Å²) in [6.07, 6.45) is 17.6. The fraction of sp³-hybridized carbons (Fsp3) is 0.739. The van der Waals surface area contributed by atoms with Crippen LogP contribution in [0.4, 0.5) is 0 Å². The molecule has 2 aromatic rings. The van der Waals surface area contributed by atoms with E-state index in [1.807, 2.05) is 0 Å². The minimum absolute atomic E-state index is 0.0633. The number of hydrogen-bond acceptors (Lipinski definition) is 4. The van der Waals surface area contributed by atoms with E-state index in [4.69, 9.17) is 0 Å². The van der Waals surface area contributed by atoms with Crippen LogP contribution in [0.25, 0.3) is 0 Å². The molecule has 0 unspecified atom stereocenters. The average molecular weight is 693 g/mol. The van der Waals surface area contributed by atoms with Gasteiger partial charge < -0.3 is 20.8 Å². The lowest BCUT2D eigenvalue weighted by molar-refractivity contribution is 0.421. The highest BCUT2D eigenvalue weighted by atomic mass is 16.3. The summed E-state index contributed by atoms with van der Waals surface area (Å²) in [4.78, 5) is 0. The normalized spacial score (nSPS) is 13.0. The first-order chi connectivity index (χ1) is 23.2. The Hall–Kier alpha value is -2.04. The van der Waals surface area contributed by atoms with Crippen molar-refractivity contribution in [2.45, 2.75) is 195 Å². The van der Waals surface area contributed by atoms with Crippen molar-refractivity contribution in [2.75, 3.05) is 26.2 Å². The van der Waals surface area contributed by atoms with E-state index in [0.717, 1.165) is 61.3 Å². The molecule has 4 N–H and O–H groups in total. The minimum Gasteiger partial charge on any atom is -0.507 e. The molecule has 0 atom stereocenters. The Bertz CT molecular complexity index is 1100. The Morgan fingerprint density at radius 2 is 0.580 bits per heavy atom. The van der Waals surface area contributed by atoms with Gasteiger partial charge in [-0.3, -0.25) is 0 Å². The molecule has 4 nitrogen and oxygen atoms in total. The highest BCUT2D eigenvalue weighted by Crippen LogP contribution is 2.41. The predicted molar refractivity (Wildman–Crippen MR) is 220 cm³/mol. The van der Waals surface area contributed by atoms with E-state index >= 15 is 0 Å². The smallest absolute Gasteiger partial charge is 0.123 e. The van der Waals surface area contributed by atoms with E-state index in [2.05, 4.69) is 118 Å². The second-order valence-corrected chi connectivity index (χ2v) is 19.3. The molecule has 0 bridgehead atoms. The molecule has 0 radical (unpaired) electrons. The zero-order chi connectivity index (χ0) is 37.6. The third-order valence-electron chi connectivity index (χ3n) is 10.2. The van der Waals surface area contributed by atoms with Gasteiger partial charge in [-0.05, 0) is 133 Å². The molecule has 286 valence electrons. The first kappa shape index (κ1) is 44.1. The van der Waals surface area contributed by atoms with Crippen LogP contribution in [-0.4, -0.2) is 36.4 Å². The maximum Gasteiger partial charge on any atom is 0.123 e. The average Bonchev–Trinajstić information content (AvgIpc) is 2.99. The molecular formula is C46H80N2O2. The van der Waals surface area contributed by atoms with Crippen LogP contribution in [0.5, 0.6) is 11.5 Å². The Kier molecular flexibility index (Phi) is 17.9. The molecular weight excluding hydrogens is 613 g/mol. The van der Waals surface area contributed by atoms with Crippen molar-refractivity contribution < 1.29 is 10.2 Å². The van der Waals surface area contributed by atoms with Gasteiger partial charge in [-0.15, -0.1) is 0 Å². The molecule has 2 rings (SSSR count). The summed E-state index contributed by atoms with van der Waals surface area (Å²) >= 11 is 0. The van der Waals surface area contributed by atoms with E-state index in [1.165, 1.54) is 88.2 Å². The number of nitrogens with one attached hydrogen (secondary N) is 2. The topological polar surface area (TPSA) is 64.5 Å². The van der Waals surface area contributed by atoms with Gasteiger partial charge >= 0.3 is 0 Å². The van der Waals surface area contributed by atoms with Crippen molar-refractivity contribution in [2.24, 2.45) is 0 Å². The standard InChI is InChI=1S/C46H80N2O2/c1-43(2,3)37-31-35(32-38(41(37)49)44(4,5)6)25-19-23-29-47-27-21-17-15-13-14-16-18-22-28-48-30-24-20-26-36-33-39(45(7,8)9)42(50)40(34-36)46(10,11)12/h31-34,47-50H,13-30H2,1-12H3. The molecule has 0 heterocycles. The molecule has 0 spiro atoms. The molecule has 0 fully saturated rings. The van der Waals surface area contributed by atoms with Crippen molar-refractivity contribution in [3.05, 3.63) is 57.6 Å². The Morgan fingerprint density at radius 3 is 0.820 bits per heavy atom. The number of hydrogen-bond donors (Lipinski definition) is 4. The maximum absolute atomic E-state index is 11.0. The lowest BCUT2D eigenvalue weighted by Crippen LogP contribution is -2.18. The fourth-order valence-corrected chi connectivity index (χ4v) is 6.93. The van der Waals surface area contributed by atoms with Crippen molar-refractivity contribution in [3.63, 3.8) is 0 Å². The van der Waals surface area contributed by atoms with Gasteiger partial charge in [0.05, 0.1) is 0 Å². The molecule has 0 saturated carbocycles. The van der Waals surface area contributed by atoms with Gasteiger partial charge in [0.1, 0.15) is 11.5 Å². The number of aromatic hydroxyl groups is 2. The van der Waals surface area contributed by atoms with Crippen LogP contribution in [0, 0.1) is 0 Å². The minimum atomic E-state index is -0.0633. The van der Waals surface area contributed by atoms with Gasteiger partial charge in [-0.1, -0.05) is 146 Å². The van der Waals surface area contributed by atoms with Crippen molar-refractivity contribution in [3.8, 4) is 11.5 Å². The zero-order valence-electron chi connectivity index (χ0n) is 34.9. The van der Waals surface area contributed by atoms with Crippen LogP contribution in [-0.2, 0) is 34.5 Å². The third kappa shape index (κ3) is 15.7. The van der Waals surface area contributed by atoms with E-state index in [0.29, 0.717) is 11.5 Å². The summed E-state index contributed by atoms with van der Waals surface area (Å²) in [5.41, 5.74) is 6.76. The SMILES string of the molecule is CC(C)(C)c1cc(CCCCNCCCCCCCCCCNCCCCc2cc(C(C)(C)C)c(O)c(C(C)(C)C)c2)cc(C(C)(C)C)c1O. The van der Waals surface area contributed by atoms with Crippen LogP contribution in [0.1, 0.15) is 194 Å². The van der Waals surface area contributed by atoms with Crippen molar-refractivity contribution in [1.82, 2.24) is 10.6 Å². The van der Waals surface area contributed by atoms with Crippen LogP contribution >= 0.6 is 0 Å². The van der Waals surface area contributed by atoms with Crippen LogP contribution in [0.15, 0.2) is 24.3 Å². The largest absolute Gasteiger partial charge is 0.507 e. The van der Waals surface area contributed by atoms with E-state index in [-0.39, 0.29) is 21.7 Å². The third-order valence-corrected chi connectivity index (χ3v) is 10.2. The lowest BCUT2D eigenvalue weighted by atomic mass is 9.78. The van der Waals surface area contributed by atoms with E-state index in [9.17, 15) is 10.2 Å². The first-order valence-corrected chi connectivity index (χ1v) is 20.4. The second kappa shape index (κ2) is 20.3. The molecule has 0 aromatic heterocycles. The van der Waals surface area contributed by atoms with Gasteiger partial charge in [0.25, 0.3) is 0 Å². The van der Waals surface area contributed by atoms with Crippen molar-refractivity contribution in [1.29, 1.82) is 0 Å². The van der Waals surface area contributed by atoms with E-state index in [1.54, 1.807) is 0 Å². The summed E-state index contributed by atoms with van der Waals surface area (Å²) < 4.78 is 0. The fourth-order valence-electron chi connectivity index (χ4n) is 6.93. The number of aryl methyl sites for hydroxylation is 2. The van der Waals surface area contributed by atoms with Gasteiger partial charge in [0.15, 0.2) is 0 Å². The Balaban J connectivity index is 1.46. The summed E-state index contributed by atoms with van der Waals surface area (Å²) in [5, 5.41) is 29.3. The van der Waals surface area contributed by atoms with Crippen molar-refractivity contribution >= 4 is 0 Å². The molecule has 0 saturated heterocycles. The van der Waals surface area contributed by atoms with Crippen LogP contribution < -0.4 is 10.6 Å². The molecule has 0 aliphatic heterocycles. The van der Waals surface area contributed by atoms with Gasteiger partial charge in [0, 0.05) is 0 Å². The zero-order valence-corrected chi connectivity index (χ0v) is 34.9. The second-order valence-electron chi connectivity index (χ2n) is 19.3. The van der Waals surface area contributed by atoms with Gasteiger partial charge in [-0.25, -0.2) is 0 Å². The molecule has 0 aliphatic carbocycles. The molecule has 4 heteroatoms. The molecule has 50 heavy (non-hydrogen) atoms. The van der Waals surface area contributed by atoms with Gasteiger partial charge in [-0.2, -0.15) is 0 Å². The summed E-state index contributed by atoms with van der Waals surface area (Å²) in [5.74, 6) is 0.969. The van der Waals surface area contributed by atoms with E-state index < -0.39 is 0 Å². The van der Waals surface area contributed by atoms with Gasteiger partial charge in [0.2, 0.25) is 0 Å². The summed E-state index contributed by atoms with van der Waals surface area (Å²) in [7, 11) is 0.